The van der Waals surface area contributed by atoms with Gasteiger partial charge in [-0.2, -0.15) is 0 Å². The minimum absolute atomic E-state index is 0.0312. The van der Waals surface area contributed by atoms with Gasteiger partial charge in [-0.25, -0.2) is 0 Å². The maximum atomic E-state index is 12.3. The molecule has 6 nitrogen and oxygen atoms in total. The van der Waals surface area contributed by atoms with Crippen LogP contribution >= 0.6 is 0 Å². The first kappa shape index (κ1) is 16.9. The lowest BCUT2D eigenvalue weighted by atomic mass is 10.1. The second kappa shape index (κ2) is 8.26. The Morgan fingerprint density at radius 2 is 2.12 bits per heavy atom. The first-order valence-electron chi connectivity index (χ1n) is 8.67. The zero-order chi connectivity index (χ0) is 16.8. The Balaban J connectivity index is 1.41. The summed E-state index contributed by atoms with van der Waals surface area (Å²) in [5, 5.41) is 6.16. The van der Waals surface area contributed by atoms with E-state index in [4.69, 9.17) is 4.74 Å². The number of ether oxygens (including phenoxy) is 1. The van der Waals surface area contributed by atoms with Gasteiger partial charge in [-0.15, -0.1) is 0 Å². The molecule has 0 aliphatic carbocycles. The zero-order valence-corrected chi connectivity index (χ0v) is 13.9. The molecule has 0 bridgehead atoms. The van der Waals surface area contributed by atoms with E-state index in [2.05, 4.69) is 10.6 Å². The number of amides is 2. The van der Waals surface area contributed by atoms with Crippen molar-refractivity contribution in [1.29, 1.82) is 0 Å². The Hall–Kier alpha value is -1.92. The Bertz CT molecular complexity index is 558. The van der Waals surface area contributed by atoms with E-state index in [-0.39, 0.29) is 17.9 Å². The smallest absolute Gasteiger partial charge is 0.250 e. The van der Waals surface area contributed by atoms with Gasteiger partial charge in [0.25, 0.3) is 5.91 Å². The van der Waals surface area contributed by atoms with Crippen LogP contribution in [0.2, 0.25) is 0 Å². The third-order valence-corrected chi connectivity index (χ3v) is 4.58. The molecule has 2 unspecified atom stereocenters. The average molecular weight is 331 g/mol. The molecule has 0 spiro atoms. The van der Waals surface area contributed by atoms with Crippen LogP contribution in [0.15, 0.2) is 30.3 Å². The van der Waals surface area contributed by atoms with Gasteiger partial charge < -0.3 is 20.3 Å². The number of nitrogens with zero attached hydrogens (tertiary/aromatic N) is 1. The molecule has 2 saturated heterocycles. The minimum Gasteiger partial charge on any atom is -0.366 e. The van der Waals surface area contributed by atoms with Crippen LogP contribution in [0.4, 0.5) is 0 Å². The summed E-state index contributed by atoms with van der Waals surface area (Å²) in [5.41, 5.74) is 1.18. The average Bonchev–Trinajstić information content (AvgIpc) is 3.10. The van der Waals surface area contributed by atoms with Crippen molar-refractivity contribution in [3.63, 3.8) is 0 Å². The lowest BCUT2D eigenvalue weighted by Gasteiger charge is -2.24. The molecule has 2 aliphatic rings. The maximum absolute atomic E-state index is 12.3. The van der Waals surface area contributed by atoms with Gasteiger partial charge in [0.2, 0.25) is 5.91 Å². The van der Waals surface area contributed by atoms with Crippen molar-refractivity contribution in [2.75, 3.05) is 32.8 Å². The van der Waals surface area contributed by atoms with Crippen LogP contribution in [-0.4, -0.2) is 61.6 Å². The molecule has 130 valence electrons. The van der Waals surface area contributed by atoms with Crippen molar-refractivity contribution in [3.8, 4) is 0 Å². The van der Waals surface area contributed by atoms with Crippen LogP contribution in [0.1, 0.15) is 18.4 Å². The van der Waals surface area contributed by atoms with Crippen LogP contribution in [0, 0.1) is 0 Å². The fraction of sp³-hybridized carbons (Fsp3) is 0.556. The van der Waals surface area contributed by atoms with Crippen LogP contribution < -0.4 is 10.6 Å². The summed E-state index contributed by atoms with van der Waals surface area (Å²) in [6, 6.07) is 10.1. The van der Waals surface area contributed by atoms with Crippen LogP contribution in [0.5, 0.6) is 0 Å². The predicted octanol–water partition coefficient (Wildman–Crippen LogP) is 0.325. The summed E-state index contributed by atoms with van der Waals surface area (Å²) in [6.45, 7) is 3.21. The van der Waals surface area contributed by atoms with Crippen molar-refractivity contribution in [1.82, 2.24) is 15.5 Å². The van der Waals surface area contributed by atoms with Crippen molar-refractivity contribution in [2.45, 2.75) is 31.4 Å². The molecule has 0 radical (unpaired) electrons. The second-order valence-corrected chi connectivity index (χ2v) is 6.38. The fourth-order valence-electron chi connectivity index (χ4n) is 3.19. The number of aryl methyl sites for hydroxylation is 1. The molecule has 3 rings (SSSR count). The minimum atomic E-state index is -0.415. The molecule has 1 aromatic rings. The molecule has 2 amide bonds. The predicted molar refractivity (Wildman–Crippen MR) is 90.5 cm³/mol. The molecule has 6 heteroatoms. The van der Waals surface area contributed by atoms with E-state index in [0.717, 1.165) is 19.4 Å². The maximum Gasteiger partial charge on any atom is 0.250 e. The third-order valence-electron chi connectivity index (χ3n) is 4.58. The molecule has 0 saturated carbocycles. The topological polar surface area (TPSA) is 70.7 Å². The normalized spacial score (nSPS) is 23.9. The molecule has 0 aromatic heterocycles. The zero-order valence-electron chi connectivity index (χ0n) is 13.9. The second-order valence-electron chi connectivity index (χ2n) is 6.38. The molecule has 1 aromatic carbocycles. The standard InChI is InChI=1S/C18H25N3O3/c22-17(7-6-14-4-2-1-3-5-14)21-10-8-15(13-21)20-18(23)16-12-19-9-11-24-16/h1-5,15-16,19H,6-13H2,(H,20,23). The van der Waals surface area contributed by atoms with Gasteiger partial charge in [0.1, 0.15) is 6.10 Å². The number of benzene rings is 1. The van der Waals surface area contributed by atoms with Gasteiger partial charge in [-0.05, 0) is 18.4 Å². The summed E-state index contributed by atoms with van der Waals surface area (Å²) in [7, 11) is 0. The van der Waals surface area contributed by atoms with E-state index in [1.54, 1.807) is 0 Å². The Morgan fingerprint density at radius 1 is 1.29 bits per heavy atom. The molecule has 2 aliphatic heterocycles. The number of carbonyl (C=O) groups excluding carboxylic acids is 2. The van der Waals surface area contributed by atoms with Gasteiger partial charge >= 0.3 is 0 Å². The van der Waals surface area contributed by atoms with Crippen molar-refractivity contribution >= 4 is 11.8 Å². The van der Waals surface area contributed by atoms with E-state index in [0.29, 0.717) is 32.7 Å². The summed E-state index contributed by atoms with van der Waals surface area (Å²) in [5.74, 6) is 0.0805. The lowest BCUT2D eigenvalue weighted by Crippen LogP contribution is -2.50. The quantitative estimate of drug-likeness (QED) is 0.815. The van der Waals surface area contributed by atoms with E-state index >= 15 is 0 Å². The number of hydrogen-bond acceptors (Lipinski definition) is 4. The highest BCUT2D eigenvalue weighted by Gasteiger charge is 2.30. The summed E-state index contributed by atoms with van der Waals surface area (Å²) in [4.78, 5) is 26.3. The Morgan fingerprint density at radius 3 is 2.88 bits per heavy atom. The highest BCUT2D eigenvalue weighted by Crippen LogP contribution is 2.13. The van der Waals surface area contributed by atoms with Crippen molar-refractivity contribution in [3.05, 3.63) is 35.9 Å². The van der Waals surface area contributed by atoms with Crippen LogP contribution in [0.3, 0.4) is 0 Å². The summed E-state index contributed by atoms with van der Waals surface area (Å²) < 4.78 is 5.46. The van der Waals surface area contributed by atoms with Gasteiger partial charge in [0.15, 0.2) is 0 Å². The van der Waals surface area contributed by atoms with Crippen molar-refractivity contribution in [2.24, 2.45) is 0 Å². The number of likely N-dealkylation sites (tertiary alicyclic amines) is 1. The van der Waals surface area contributed by atoms with Gasteiger partial charge in [-0.3, -0.25) is 9.59 Å². The van der Waals surface area contributed by atoms with E-state index < -0.39 is 6.10 Å². The molecule has 2 N–H and O–H groups in total. The third kappa shape index (κ3) is 4.55. The lowest BCUT2D eigenvalue weighted by molar-refractivity contribution is -0.135. The largest absolute Gasteiger partial charge is 0.366 e. The van der Waals surface area contributed by atoms with Gasteiger partial charge in [0.05, 0.1) is 6.61 Å². The number of nitrogens with one attached hydrogen (secondary N) is 2. The first-order chi connectivity index (χ1) is 11.7. The Labute approximate surface area is 142 Å². The molecular weight excluding hydrogens is 306 g/mol. The van der Waals surface area contributed by atoms with E-state index in [1.807, 2.05) is 35.2 Å². The highest BCUT2D eigenvalue weighted by molar-refractivity contribution is 5.82. The fourth-order valence-corrected chi connectivity index (χ4v) is 3.19. The van der Waals surface area contributed by atoms with Crippen molar-refractivity contribution < 1.29 is 14.3 Å². The molecule has 2 atom stereocenters. The van der Waals surface area contributed by atoms with E-state index in [9.17, 15) is 9.59 Å². The first-order valence-corrected chi connectivity index (χ1v) is 8.67. The monoisotopic (exact) mass is 331 g/mol. The van der Waals surface area contributed by atoms with Gasteiger partial charge in [0, 0.05) is 38.6 Å². The van der Waals surface area contributed by atoms with Gasteiger partial charge in [-0.1, -0.05) is 30.3 Å². The van der Waals surface area contributed by atoms with Crippen LogP contribution in [-0.2, 0) is 20.7 Å². The highest BCUT2D eigenvalue weighted by atomic mass is 16.5. The Kier molecular flexibility index (Phi) is 5.82. The molecule has 24 heavy (non-hydrogen) atoms. The summed E-state index contributed by atoms with van der Waals surface area (Å²) in [6.07, 6.45) is 1.67. The molecule has 2 fully saturated rings. The number of carbonyl (C=O) groups is 2. The summed E-state index contributed by atoms with van der Waals surface area (Å²) >= 11 is 0. The molecular formula is C18H25N3O3. The van der Waals surface area contributed by atoms with Crippen LogP contribution in [0.25, 0.3) is 0 Å². The number of hydrogen-bond donors (Lipinski definition) is 2. The SMILES string of the molecule is O=C(NC1CCN(C(=O)CCc2ccccc2)C1)C1CNCCO1. The number of morpholine rings is 1. The molecule has 2 heterocycles. The number of rotatable bonds is 5. The van der Waals surface area contributed by atoms with E-state index in [1.165, 1.54) is 5.56 Å².